The maximum Gasteiger partial charge on any atom is 0.153 e. The molecule has 0 fully saturated rings. The minimum Gasteiger partial charge on any atom is -0.388 e. The van der Waals surface area contributed by atoms with Gasteiger partial charge >= 0.3 is 0 Å². The molecule has 3 nitrogen and oxygen atoms in total. The molecule has 1 heterocycles. The summed E-state index contributed by atoms with van der Waals surface area (Å²) in [4.78, 5) is 7.47. The third-order valence-corrected chi connectivity index (χ3v) is 0.761. The van der Waals surface area contributed by atoms with Crippen molar-refractivity contribution >= 4 is 0 Å². The first-order valence-corrected chi connectivity index (χ1v) is 2.30. The predicted molar refractivity (Wildman–Crippen MR) is 28.0 cm³/mol. The van der Waals surface area contributed by atoms with Crippen LogP contribution in [-0.4, -0.2) is 15.1 Å². The molecule has 4 heteroatoms. The summed E-state index contributed by atoms with van der Waals surface area (Å²) < 4.78 is 0. The van der Waals surface area contributed by atoms with Gasteiger partial charge in [0.05, 0.1) is 0 Å². The molecule has 0 aliphatic rings. The number of aromatic nitrogens is 2. The van der Waals surface area contributed by atoms with Gasteiger partial charge in [-0.05, 0) is 6.07 Å². The minimum absolute atomic E-state index is 0. The summed E-state index contributed by atoms with van der Waals surface area (Å²) in [7, 11) is 0. The Kier molecular flexibility index (Phi) is 5.05. The molecule has 1 aromatic heterocycles. The molecule has 0 aliphatic heterocycles. The van der Waals surface area contributed by atoms with Crippen molar-refractivity contribution in [2.75, 3.05) is 0 Å². The minimum atomic E-state index is -0.0825. The maximum atomic E-state index is 8.41. The van der Waals surface area contributed by atoms with Gasteiger partial charge in [-0.3, -0.25) is 0 Å². The van der Waals surface area contributed by atoms with Crippen molar-refractivity contribution in [3.63, 3.8) is 0 Å². The first-order valence-electron chi connectivity index (χ1n) is 2.30. The van der Waals surface area contributed by atoms with E-state index in [0.717, 1.165) is 0 Å². The Morgan fingerprint density at radius 3 is 2.22 bits per heavy atom. The fourth-order valence-electron chi connectivity index (χ4n) is 0.412. The molecule has 1 rings (SSSR count). The van der Waals surface area contributed by atoms with E-state index in [9.17, 15) is 0 Å². The van der Waals surface area contributed by atoms with E-state index in [1.165, 1.54) is 0 Å². The van der Waals surface area contributed by atoms with Crippen LogP contribution in [0, 0.1) is 0 Å². The Labute approximate surface area is 78.4 Å². The van der Waals surface area contributed by atoms with E-state index in [1.807, 2.05) is 0 Å². The SMILES string of the molecule is OCc1ncccn1.[Y]. The van der Waals surface area contributed by atoms with Gasteiger partial charge in [0, 0.05) is 45.1 Å². The summed E-state index contributed by atoms with van der Waals surface area (Å²) in [5, 5.41) is 8.41. The number of hydrogen-bond donors (Lipinski definition) is 1. The monoisotopic (exact) mass is 199 g/mol. The Morgan fingerprint density at radius 1 is 1.33 bits per heavy atom. The van der Waals surface area contributed by atoms with Gasteiger partial charge in [-0.25, -0.2) is 9.97 Å². The Morgan fingerprint density at radius 2 is 1.89 bits per heavy atom. The standard InChI is InChI=1S/C5H6N2O.Y/c8-4-5-6-2-1-3-7-5;/h1-3,8H,4H2;. The quantitative estimate of drug-likeness (QED) is 0.690. The number of aliphatic hydroxyl groups is 1. The molecule has 0 unspecified atom stereocenters. The van der Waals surface area contributed by atoms with Crippen molar-refractivity contribution in [2.45, 2.75) is 6.61 Å². The normalized spacial score (nSPS) is 8.11. The predicted octanol–water partition coefficient (Wildman–Crippen LogP) is -0.0336. The van der Waals surface area contributed by atoms with E-state index in [4.69, 9.17) is 5.11 Å². The van der Waals surface area contributed by atoms with Crippen molar-refractivity contribution in [1.82, 2.24) is 9.97 Å². The molecule has 9 heavy (non-hydrogen) atoms. The van der Waals surface area contributed by atoms with Gasteiger partial charge in [0.2, 0.25) is 0 Å². The fourth-order valence-corrected chi connectivity index (χ4v) is 0.412. The summed E-state index contributed by atoms with van der Waals surface area (Å²) in [5.74, 6) is 0.465. The Hall–Kier alpha value is 0.144. The van der Waals surface area contributed by atoms with Gasteiger partial charge in [-0.1, -0.05) is 0 Å². The smallest absolute Gasteiger partial charge is 0.153 e. The van der Waals surface area contributed by atoms with Gasteiger partial charge in [0.25, 0.3) is 0 Å². The second kappa shape index (κ2) is 4.97. The van der Waals surface area contributed by atoms with Gasteiger partial charge in [-0.2, -0.15) is 0 Å². The third kappa shape index (κ3) is 2.99. The van der Waals surface area contributed by atoms with Crippen LogP contribution in [0.5, 0.6) is 0 Å². The van der Waals surface area contributed by atoms with E-state index in [0.29, 0.717) is 5.82 Å². The van der Waals surface area contributed by atoms with E-state index in [2.05, 4.69) is 9.97 Å². The van der Waals surface area contributed by atoms with Crippen molar-refractivity contribution in [1.29, 1.82) is 0 Å². The molecule has 0 amide bonds. The van der Waals surface area contributed by atoms with Gasteiger partial charge in [-0.15, -0.1) is 0 Å². The van der Waals surface area contributed by atoms with Crippen molar-refractivity contribution in [3.05, 3.63) is 24.3 Å². The van der Waals surface area contributed by atoms with Crippen LogP contribution in [0.4, 0.5) is 0 Å². The Bertz CT molecular complexity index is 156. The topological polar surface area (TPSA) is 46.0 Å². The van der Waals surface area contributed by atoms with Gasteiger partial charge in [0.1, 0.15) is 6.61 Å². The average Bonchev–Trinajstić information content (AvgIpc) is 1.90. The molecule has 1 aromatic rings. The van der Waals surface area contributed by atoms with Crippen LogP contribution in [0.25, 0.3) is 0 Å². The van der Waals surface area contributed by atoms with E-state index in [1.54, 1.807) is 18.5 Å². The molecule has 0 bridgehead atoms. The molecule has 0 aliphatic carbocycles. The Balaban J connectivity index is 0.000000640. The van der Waals surface area contributed by atoms with Gasteiger partial charge < -0.3 is 5.11 Å². The van der Waals surface area contributed by atoms with Crippen LogP contribution < -0.4 is 0 Å². The van der Waals surface area contributed by atoms with Crippen LogP contribution >= 0.6 is 0 Å². The zero-order valence-electron chi connectivity index (χ0n) is 4.86. The summed E-state index contributed by atoms with van der Waals surface area (Å²) >= 11 is 0. The largest absolute Gasteiger partial charge is 0.388 e. The van der Waals surface area contributed by atoms with E-state index < -0.39 is 0 Å². The third-order valence-electron chi connectivity index (χ3n) is 0.761. The van der Waals surface area contributed by atoms with Crippen molar-refractivity contribution in [3.8, 4) is 0 Å². The molecule has 0 spiro atoms. The number of rotatable bonds is 1. The molecule has 1 radical (unpaired) electrons. The van der Waals surface area contributed by atoms with E-state index >= 15 is 0 Å². The molecule has 0 saturated carbocycles. The summed E-state index contributed by atoms with van der Waals surface area (Å²) in [6.07, 6.45) is 3.19. The van der Waals surface area contributed by atoms with Gasteiger partial charge in [0.15, 0.2) is 5.82 Å². The van der Waals surface area contributed by atoms with Crippen molar-refractivity contribution in [2.24, 2.45) is 0 Å². The summed E-state index contributed by atoms with van der Waals surface area (Å²) in [6, 6.07) is 1.71. The molecule has 0 saturated heterocycles. The van der Waals surface area contributed by atoms with E-state index in [-0.39, 0.29) is 39.3 Å². The van der Waals surface area contributed by atoms with Crippen LogP contribution in [-0.2, 0) is 39.3 Å². The fraction of sp³-hybridized carbons (Fsp3) is 0.200. The molecule has 1 N–H and O–H groups in total. The van der Waals surface area contributed by atoms with Crippen LogP contribution in [0.15, 0.2) is 18.5 Å². The molecule has 0 aromatic carbocycles. The van der Waals surface area contributed by atoms with Crippen LogP contribution in [0.1, 0.15) is 5.82 Å². The average molecular weight is 199 g/mol. The first-order chi connectivity index (χ1) is 3.93. The molecular formula is C5H6N2OY. The molecule has 45 valence electrons. The number of aliphatic hydroxyl groups excluding tert-OH is 1. The van der Waals surface area contributed by atoms with Crippen LogP contribution in [0.3, 0.4) is 0 Å². The first kappa shape index (κ1) is 9.14. The molecule has 0 atom stereocenters. The summed E-state index contributed by atoms with van der Waals surface area (Å²) in [6.45, 7) is -0.0825. The van der Waals surface area contributed by atoms with Crippen molar-refractivity contribution < 1.29 is 37.8 Å². The maximum absolute atomic E-state index is 8.41. The van der Waals surface area contributed by atoms with Crippen LogP contribution in [0.2, 0.25) is 0 Å². The zero-order chi connectivity index (χ0) is 5.82. The molecular weight excluding hydrogens is 193 g/mol. The zero-order valence-corrected chi connectivity index (χ0v) is 7.70. The number of hydrogen-bond acceptors (Lipinski definition) is 3. The summed E-state index contributed by atoms with van der Waals surface area (Å²) in [5.41, 5.74) is 0. The second-order valence-corrected chi connectivity index (χ2v) is 1.32. The second-order valence-electron chi connectivity index (χ2n) is 1.32. The number of nitrogens with zero attached hydrogens (tertiary/aromatic N) is 2.